The van der Waals surface area contributed by atoms with Gasteiger partial charge in [0.15, 0.2) is 23.0 Å². The van der Waals surface area contributed by atoms with Crippen LogP contribution in [0.2, 0.25) is 0 Å². The molecular weight excluding hydrogens is 272 g/mol. The fourth-order valence-corrected chi connectivity index (χ4v) is 2.31. The summed E-state index contributed by atoms with van der Waals surface area (Å²) in [6.45, 7) is 0. The number of phenolic OH excluding ortho intramolecular Hbond substituents is 5. The Bertz CT molecular complexity index is 855. The number of fused-ring (bicyclic) bond motifs is 1. The van der Waals surface area contributed by atoms with Crippen LogP contribution in [0.1, 0.15) is 0 Å². The maximum atomic E-state index is 10.1. The molecule has 0 unspecified atom stereocenters. The average molecular weight is 284 g/mol. The summed E-state index contributed by atoms with van der Waals surface area (Å²) in [4.78, 5) is 0. The topological polar surface area (TPSA) is 101 Å². The molecule has 0 bridgehead atoms. The van der Waals surface area contributed by atoms with Gasteiger partial charge in [0, 0.05) is 16.5 Å². The summed E-state index contributed by atoms with van der Waals surface area (Å²) in [6, 6.07) is 11.0. The number of benzene rings is 3. The molecule has 0 fully saturated rings. The van der Waals surface area contributed by atoms with Crippen molar-refractivity contribution in [1.29, 1.82) is 0 Å². The van der Waals surface area contributed by atoms with Crippen LogP contribution >= 0.6 is 0 Å². The lowest BCUT2D eigenvalue weighted by atomic mass is 9.98. The second kappa shape index (κ2) is 4.49. The Morgan fingerprint density at radius 2 is 1.24 bits per heavy atom. The van der Waals surface area contributed by atoms with E-state index in [2.05, 4.69) is 0 Å². The van der Waals surface area contributed by atoms with Crippen molar-refractivity contribution in [3.05, 3.63) is 42.5 Å². The van der Waals surface area contributed by atoms with Crippen molar-refractivity contribution in [3.63, 3.8) is 0 Å². The van der Waals surface area contributed by atoms with Crippen LogP contribution in [-0.2, 0) is 0 Å². The highest BCUT2D eigenvalue weighted by atomic mass is 16.3. The third kappa shape index (κ3) is 1.87. The Morgan fingerprint density at radius 1 is 0.571 bits per heavy atom. The van der Waals surface area contributed by atoms with Crippen LogP contribution in [0.5, 0.6) is 28.7 Å². The van der Waals surface area contributed by atoms with Gasteiger partial charge in [-0.2, -0.15) is 0 Å². The van der Waals surface area contributed by atoms with Crippen molar-refractivity contribution in [3.8, 4) is 39.9 Å². The highest BCUT2D eigenvalue weighted by Gasteiger charge is 2.19. The van der Waals surface area contributed by atoms with Crippen molar-refractivity contribution >= 4 is 10.8 Å². The molecule has 5 heteroatoms. The van der Waals surface area contributed by atoms with Gasteiger partial charge < -0.3 is 25.5 Å². The molecule has 0 atom stereocenters. The zero-order valence-electron chi connectivity index (χ0n) is 10.8. The van der Waals surface area contributed by atoms with E-state index in [0.717, 1.165) is 0 Å². The molecule has 0 saturated carbocycles. The summed E-state index contributed by atoms with van der Waals surface area (Å²) in [6.07, 6.45) is 0. The minimum atomic E-state index is -0.681. The molecule has 0 aromatic heterocycles. The highest BCUT2D eigenvalue weighted by molar-refractivity contribution is 5.97. The SMILES string of the molecule is Oc1ccc(-c2cc3ccccc3c(O)c2O)c(O)c1O. The van der Waals surface area contributed by atoms with Gasteiger partial charge in [-0.1, -0.05) is 24.3 Å². The van der Waals surface area contributed by atoms with E-state index < -0.39 is 23.0 Å². The van der Waals surface area contributed by atoms with Crippen LogP contribution in [0.3, 0.4) is 0 Å². The molecule has 3 aromatic carbocycles. The molecule has 0 amide bonds. The fourth-order valence-electron chi connectivity index (χ4n) is 2.31. The highest BCUT2D eigenvalue weighted by Crippen LogP contribution is 2.48. The first-order valence-electron chi connectivity index (χ1n) is 6.18. The van der Waals surface area contributed by atoms with E-state index >= 15 is 0 Å². The summed E-state index contributed by atoms with van der Waals surface area (Å²) >= 11 is 0. The van der Waals surface area contributed by atoms with Gasteiger partial charge in [0.05, 0.1) is 0 Å². The predicted molar refractivity (Wildman–Crippen MR) is 77.7 cm³/mol. The van der Waals surface area contributed by atoms with Gasteiger partial charge in [0.1, 0.15) is 0 Å². The lowest BCUT2D eigenvalue weighted by Gasteiger charge is -2.12. The van der Waals surface area contributed by atoms with E-state index in [-0.39, 0.29) is 16.9 Å². The van der Waals surface area contributed by atoms with E-state index in [4.69, 9.17) is 0 Å². The number of aromatic hydroxyl groups is 5. The zero-order chi connectivity index (χ0) is 15.1. The first-order chi connectivity index (χ1) is 10.0. The molecule has 5 N–H and O–H groups in total. The molecule has 0 aliphatic rings. The maximum absolute atomic E-state index is 10.1. The minimum Gasteiger partial charge on any atom is -0.504 e. The lowest BCUT2D eigenvalue weighted by molar-refractivity contribution is 0.368. The summed E-state index contributed by atoms with van der Waals surface area (Å²) < 4.78 is 0. The Hall–Kier alpha value is -3.08. The Labute approximate surface area is 119 Å². The lowest BCUT2D eigenvalue weighted by Crippen LogP contribution is -1.84. The first kappa shape index (κ1) is 12.9. The predicted octanol–water partition coefficient (Wildman–Crippen LogP) is 3.03. The molecule has 3 aromatic rings. The maximum Gasteiger partial charge on any atom is 0.200 e. The number of hydrogen-bond acceptors (Lipinski definition) is 5. The van der Waals surface area contributed by atoms with Crippen molar-refractivity contribution in [1.82, 2.24) is 0 Å². The fraction of sp³-hybridized carbons (Fsp3) is 0. The largest absolute Gasteiger partial charge is 0.504 e. The molecule has 3 rings (SSSR count). The quantitative estimate of drug-likeness (QED) is 0.442. The molecule has 0 aliphatic carbocycles. The molecule has 0 saturated heterocycles. The summed E-state index contributed by atoms with van der Waals surface area (Å²) in [5, 5.41) is 50.2. The number of phenols is 5. The van der Waals surface area contributed by atoms with Crippen LogP contribution in [0.25, 0.3) is 21.9 Å². The third-order valence-electron chi connectivity index (χ3n) is 3.42. The third-order valence-corrected chi connectivity index (χ3v) is 3.42. The summed E-state index contributed by atoms with van der Waals surface area (Å²) in [5.74, 6) is -2.44. The van der Waals surface area contributed by atoms with Crippen LogP contribution in [0, 0.1) is 0 Å². The molecule has 0 spiro atoms. The standard InChI is InChI=1S/C16H12O5/c17-12-6-5-10(14(19)16(12)21)11-7-8-3-1-2-4-9(8)13(18)15(11)20/h1-7,17-21H. The minimum absolute atomic E-state index is 0.101. The van der Waals surface area contributed by atoms with E-state index in [1.165, 1.54) is 12.1 Å². The second-order valence-corrected chi connectivity index (χ2v) is 4.67. The number of rotatable bonds is 1. The van der Waals surface area contributed by atoms with Gasteiger partial charge in [-0.25, -0.2) is 0 Å². The van der Waals surface area contributed by atoms with Gasteiger partial charge in [-0.3, -0.25) is 0 Å². The van der Waals surface area contributed by atoms with E-state index in [1.54, 1.807) is 30.3 Å². The summed E-state index contributed by atoms with van der Waals surface area (Å²) in [7, 11) is 0. The monoisotopic (exact) mass is 284 g/mol. The number of hydrogen-bond donors (Lipinski definition) is 5. The van der Waals surface area contributed by atoms with E-state index in [1.807, 2.05) is 0 Å². The summed E-state index contributed by atoms with van der Waals surface area (Å²) in [5.41, 5.74) is 0.253. The Kier molecular flexibility index (Phi) is 2.76. The van der Waals surface area contributed by atoms with Crippen molar-refractivity contribution < 1.29 is 25.5 Å². The first-order valence-corrected chi connectivity index (χ1v) is 6.18. The molecule has 5 nitrogen and oxygen atoms in total. The molecule has 0 radical (unpaired) electrons. The van der Waals surface area contributed by atoms with Crippen molar-refractivity contribution in [2.75, 3.05) is 0 Å². The second-order valence-electron chi connectivity index (χ2n) is 4.67. The Morgan fingerprint density at radius 3 is 2.00 bits per heavy atom. The molecule has 21 heavy (non-hydrogen) atoms. The van der Waals surface area contributed by atoms with Gasteiger partial charge in [0.25, 0.3) is 0 Å². The van der Waals surface area contributed by atoms with Gasteiger partial charge >= 0.3 is 0 Å². The molecule has 0 aliphatic heterocycles. The smallest absolute Gasteiger partial charge is 0.200 e. The van der Waals surface area contributed by atoms with Crippen LogP contribution in [0.4, 0.5) is 0 Å². The van der Waals surface area contributed by atoms with E-state index in [9.17, 15) is 25.5 Å². The average Bonchev–Trinajstić information content (AvgIpc) is 2.49. The van der Waals surface area contributed by atoms with E-state index in [0.29, 0.717) is 10.8 Å². The van der Waals surface area contributed by atoms with Crippen LogP contribution in [0.15, 0.2) is 42.5 Å². The van der Waals surface area contributed by atoms with Gasteiger partial charge in [-0.05, 0) is 23.6 Å². The van der Waals surface area contributed by atoms with Crippen molar-refractivity contribution in [2.24, 2.45) is 0 Å². The Balaban J connectivity index is 2.36. The van der Waals surface area contributed by atoms with Crippen LogP contribution < -0.4 is 0 Å². The van der Waals surface area contributed by atoms with Crippen LogP contribution in [-0.4, -0.2) is 25.5 Å². The molecular formula is C16H12O5. The zero-order valence-corrected chi connectivity index (χ0v) is 10.8. The van der Waals surface area contributed by atoms with Crippen molar-refractivity contribution in [2.45, 2.75) is 0 Å². The molecule has 0 heterocycles. The van der Waals surface area contributed by atoms with Gasteiger partial charge in [-0.15, -0.1) is 0 Å². The van der Waals surface area contributed by atoms with Gasteiger partial charge in [0.2, 0.25) is 5.75 Å². The normalized spacial score (nSPS) is 10.9. The molecule has 106 valence electrons.